The van der Waals surface area contributed by atoms with Crippen LogP contribution in [0.1, 0.15) is 12.5 Å². The summed E-state index contributed by atoms with van der Waals surface area (Å²) in [6, 6.07) is 7.97. The number of carboxylic acid groups (broad SMARTS) is 1. The predicted octanol–water partition coefficient (Wildman–Crippen LogP) is -0.382. The van der Waals surface area contributed by atoms with Crippen molar-refractivity contribution in [1.82, 2.24) is 16.0 Å². The number of hydrogen-bond donors (Lipinski definition) is 4. The fraction of sp³-hybridized carbons (Fsp3) is 0.333. The number of carbonyl (C=O) groups is 4. The van der Waals surface area contributed by atoms with Gasteiger partial charge in [-0.25, -0.2) is 4.79 Å². The maximum absolute atomic E-state index is 11.5. The van der Waals surface area contributed by atoms with Gasteiger partial charge in [-0.05, 0) is 12.5 Å². The summed E-state index contributed by atoms with van der Waals surface area (Å²) in [7, 11) is 0. The molecule has 0 spiro atoms. The molecule has 130 valence electrons. The summed E-state index contributed by atoms with van der Waals surface area (Å²) in [4.78, 5) is 44.8. The average molecular weight is 337 g/mol. The Bertz CT molecular complexity index is 590. The van der Waals surface area contributed by atoms with Crippen molar-refractivity contribution >= 4 is 23.9 Å². The van der Waals surface area contributed by atoms with Crippen molar-refractivity contribution < 1.29 is 29.0 Å². The highest BCUT2D eigenvalue weighted by Crippen LogP contribution is 2.00. The van der Waals surface area contributed by atoms with Crippen LogP contribution in [0.15, 0.2) is 30.3 Å². The molecule has 0 saturated carbocycles. The van der Waals surface area contributed by atoms with E-state index in [2.05, 4.69) is 16.0 Å². The minimum absolute atomic E-state index is 0.0732. The molecule has 0 heterocycles. The van der Waals surface area contributed by atoms with Crippen LogP contribution >= 0.6 is 0 Å². The SMILES string of the molecule is CC(NC(=O)CNC(=O)CNC(=O)OCc1ccccc1)C(=O)O. The summed E-state index contributed by atoms with van der Waals surface area (Å²) >= 11 is 0. The lowest BCUT2D eigenvalue weighted by Gasteiger charge is -2.10. The lowest BCUT2D eigenvalue weighted by molar-refractivity contribution is -0.141. The number of ether oxygens (including phenoxy) is 1. The molecule has 0 radical (unpaired) electrons. The molecule has 24 heavy (non-hydrogen) atoms. The van der Waals surface area contributed by atoms with Gasteiger partial charge >= 0.3 is 12.1 Å². The summed E-state index contributed by atoms with van der Waals surface area (Å²) in [5.41, 5.74) is 0.807. The quantitative estimate of drug-likeness (QED) is 0.511. The third-order valence-electron chi connectivity index (χ3n) is 2.80. The van der Waals surface area contributed by atoms with E-state index in [1.54, 1.807) is 24.3 Å². The summed E-state index contributed by atoms with van der Waals surface area (Å²) in [6.45, 7) is 0.614. The molecule has 4 N–H and O–H groups in total. The molecular formula is C15H19N3O6. The lowest BCUT2D eigenvalue weighted by atomic mass is 10.2. The molecule has 1 aromatic rings. The molecule has 1 rings (SSSR count). The van der Waals surface area contributed by atoms with E-state index in [0.29, 0.717) is 0 Å². The van der Waals surface area contributed by atoms with Crippen LogP contribution in [-0.2, 0) is 25.7 Å². The second-order valence-corrected chi connectivity index (χ2v) is 4.82. The van der Waals surface area contributed by atoms with Crippen molar-refractivity contribution in [3.05, 3.63) is 35.9 Å². The highest BCUT2D eigenvalue weighted by molar-refractivity contribution is 5.89. The van der Waals surface area contributed by atoms with Gasteiger partial charge in [-0.2, -0.15) is 0 Å². The van der Waals surface area contributed by atoms with Crippen LogP contribution in [0.5, 0.6) is 0 Å². The summed E-state index contributed by atoms with van der Waals surface area (Å²) in [6.07, 6.45) is -0.766. The molecule has 1 unspecified atom stereocenters. The first-order valence-electron chi connectivity index (χ1n) is 7.12. The Hall–Kier alpha value is -3.10. The minimum atomic E-state index is -1.18. The number of amides is 3. The number of aliphatic carboxylic acids is 1. The van der Waals surface area contributed by atoms with E-state index in [1.165, 1.54) is 6.92 Å². The van der Waals surface area contributed by atoms with Gasteiger partial charge in [0.1, 0.15) is 19.2 Å². The Kier molecular flexibility index (Phi) is 7.76. The number of benzene rings is 1. The molecule has 1 atom stereocenters. The van der Waals surface area contributed by atoms with Crippen molar-refractivity contribution in [3.8, 4) is 0 Å². The van der Waals surface area contributed by atoms with E-state index >= 15 is 0 Å². The number of rotatable bonds is 8. The van der Waals surface area contributed by atoms with E-state index in [4.69, 9.17) is 9.84 Å². The molecule has 0 aliphatic rings. The summed E-state index contributed by atoms with van der Waals surface area (Å²) < 4.78 is 4.91. The molecule has 0 fully saturated rings. The van der Waals surface area contributed by atoms with E-state index in [-0.39, 0.29) is 13.2 Å². The minimum Gasteiger partial charge on any atom is -0.480 e. The summed E-state index contributed by atoms with van der Waals surface area (Å²) in [5, 5.41) is 15.3. The van der Waals surface area contributed by atoms with Crippen molar-refractivity contribution in [3.63, 3.8) is 0 Å². The second kappa shape index (κ2) is 9.82. The molecule has 0 saturated heterocycles. The first-order chi connectivity index (χ1) is 11.4. The molecule has 0 aliphatic carbocycles. The first-order valence-corrected chi connectivity index (χ1v) is 7.12. The van der Waals surface area contributed by atoms with E-state index in [0.717, 1.165) is 5.56 Å². The van der Waals surface area contributed by atoms with Crippen LogP contribution in [0.2, 0.25) is 0 Å². The van der Waals surface area contributed by atoms with Crippen molar-refractivity contribution in [2.45, 2.75) is 19.6 Å². The maximum atomic E-state index is 11.5. The van der Waals surface area contributed by atoms with Gasteiger partial charge in [0.15, 0.2) is 0 Å². The van der Waals surface area contributed by atoms with Gasteiger partial charge in [0.2, 0.25) is 11.8 Å². The van der Waals surface area contributed by atoms with Gasteiger partial charge < -0.3 is 25.8 Å². The fourth-order valence-corrected chi connectivity index (χ4v) is 1.52. The Morgan fingerprint density at radius 1 is 1.04 bits per heavy atom. The maximum Gasteiger partial charge on any atom is 0.407 e. The van der Waals surface area contributed by atoms with Crippen molar-refractivity contribution in [2.75, 3.05) is 13.1 Å². The third-order valence-corrected chi connectivity index (χ3v) is 2.80. The van der Waals surface area contributed by atoms with Crippen LogP contribution < -0.4 is 16.0 Å². The van der Waals surface area contributed by atoms with Gasteiger partial charge in [-0.1, -0.05) is 30.3 Å². The van der Waals surface area contributed by atoms with Gasteiger partial charge in [-0.3, -0.25) is 14.4 Å². The number of carboxylic acids is 1. The average Bonchev–Trinajstić information content (AvgIpc) is 2.57. The predicted molar refractivity (Wildman–Crippen MR) is 82.9 cm³/mol. The Labute approximate surface area is 138 Å². The Morgan fingerprint density at radius 2 is 1.67 bits per heavy atom. The standard InChI is InChI=1S/C15H19N3O6/c1-10(14(21)22)18-13(20)8-16-12(19)7-17-15(23)24-9-11-5-3-2-4-6-11/h2-6,10H,7-9H2,1H3,(H,16,19)(H,17,23)(H,18,20)(H,21,22). The largest absolute Gasteiger partial charge is 0.480 e. The van der Waals surface area contributed by atoms with Crippen LogP contribution in [-0.4, -0.2) is 48.1 Å². The molecule has 0 aliphatic heterocycles. The molecule has 0 aromatic heterocycles. The zero-order valence-electron chi connectivity index (χ0n) is 13.1. The van der Waals surface area contributed by atoms with Gasteiger partial charge in [0.25, 0.3) is 0 Å². The number of carbonyl (C=O) groups excluding carboxylic acids is 3. The van der Waals surface area contributed by atoms with Gasteiger partial charge in [0, 0.05) is 0 Å². The number of alkyl carbamates (subject to hydrolysis) is 1. The van der Waals surface area contributed by atoms with Crippen LogP contribution in [0, 0.1) is 0 Å². The second-order valence-electron chi connectivity index (χ2n) is 4.82. The highest BCUT2D eigenvalue weighted by Gasteiger charge is 2.14. The van der Waals surface area contributed by atoms with Crippen molar-refractivity contribution in [1.29, 1.82) is 0 Å². The topological polar surface area (TPSA) is 134 Å². The van der Waals surface area contributed by atoms with Gasteiger partial charge in [-0.15, -0.1) is 0 Å². The highest BCUT2D eigenvalue weighted by atomic mass is 16.5. The molecule has 9 nitrogen and oxygen atoms in total. The molecule has 9 heteroatoms. The zero-order chi connectivity index (χ0) is 17.9. The molecular weight excluding hydrogens is 318 g/mol. The molecule has 0 bridgehead atoms. The molecule has 3 amide bonds. The van der Waals surface area contributed by atoms with E-state index < -0.39 is 36.5 Å². The normalized spacial score (nSPS) is 11.0. The molecule has 1 aromatic carbocycles. The van der Waals surface area contributed by atoms with E-state index in [1.807, 2.05) is 6.07 Å². The fourth-order valence-electron chi connectivity index (χ4n) is 1.52. The third kappa shape index (κ3) is 7.78. The van der Waals surface area contributed by atoms with Gasteiger partial charge in [0.05, 0.1) is 6.54 Å². The summed E-state index contributed by atoms with van der Waals surface area (Å²) in [5.74, 6) is -2.44. The Morgan fingerprint density at radius 3 is 2.29 bits per heavy atom. The monoisotopic (exact) mass is 337 g/mol. The number of hydrogen-bond acceptors (Lipinski definition) is 5. The van der Waals surface area contributed by atoms with Crippen LogP contribution in [0.25, 0.3) is 0 Å². The smallest absolute Gasteiger partial charge is 0.407 e. The first kappa shape index (κ1) is 18.9. The Balaban J connectivity index is 2.17. The number of nitrogens with one attached hydrogen (secondary N) is 3. The van der Waals surface area contributed by atoms with Crippen LogP contribution in [0.4, 0.5) is 4.79 Å². The lowest BCUT2D eigenvalue weighted by Crippen LogP contribution is -2.45. The van der Waals surface area contributed by atoms with Crippen molar-refractivity contribution in [2.24, 2.45) is 0 Å². The van der Waals surface area contributed by atoms with E-state index in [9.17, 15) is 19.2 Å². The zero-order valence-corrected chi connectivity index (χ0v) is 13.1. The van der Waals surface area contributed by atoms with Crippen LogP contribution in [0.3, 0.4) is 0 Å².